The molecule has 0 amide bonds. The molecule has 0 radical (unpaired) electrons. The molecule has 4 nitrogen and oxygen atoms in total. The van der Waals surface area contributed by atoms with Crippen LogP contribution in [0.3, 0.4) is 0 Å². The smallest absolute Gasteiger partial charge is 0.870 e. The predicted octanol–water partition coefficient (Wildman–Crippen LogP) is -2.83. The van der Waals surface area contributed by atoms with Crippen LogP contribution in [-0.2, 0) is 14.3 Å². The zero-order valence-electron chi connectivity index (χ0n) is 6.96. The number of ether oxygens (including phenoxy) is 1. The van der Waals surface area contributed by atoms with Gasteiger partial charge in [0.2, 0.25) is 0 Å². The van der Waals surface area contributed by atoms with E-state index in [0.29, 0.717) is 6.61 Å². The summed E-state index contributed by atoms with van der Waals surface area (Å²) in [6, 6.07) is 0. The van der Waals surface area contributed by atoms with Gasteiger partial charge in [0.15, 0.2) is 5.97 Å². The van der Waals surface area contributed by atoms with Crippen LogP contribution >= 0.6 is 0 Å². The van der Waals surface area contributed by atoms with Gasteiger partial charge in [-0.25, -0.2) is 6.42 Å². The first-order chi connectivity index (χ1) is 4.16. The average Bonchev–Trinajstić information content (AvgIpc) is 1.63. The molecule has 0 bridgehead atoms. The maximum Gasteiger partial charge on any atom is 1.00 e. The molecule has 0 aliphatic carbocycles. The van der Waals surface area contributed by atoms with Gasteiger partial charge in [-0.3, -0.25) is 4.79 Å². The summed E-state index contributed by atoms with van der Waals surface area (Å²) in [5, 5.41) is 0. The van der Waals surface area contributed by atoms with Gasteiger partial charge in [0.25, 0.3) is 0 Å². The third-order valence-electron chi connectivity index (χ3n) is 0.608. The Morgan fingerprint density at radius 2 is 1.91 bits per heavy atom. The van der Waals surface area contributed by atoms with Gasteiger partial charge in [0.05, 0.1) is 6.61 Å². The molecule has 0 aliphatic heterocycles. The zero-order valence-corrected chi connectivity index (χ0v) is 10.1. The van der Waals surface area contributed by atoms with Crippen LogP contribution in [0.25, 0.3) is 0 Å². The number of hydrogen-bond donors (Lipinski definition) is 0. The van der Waals surface area contributed by atoms with Crippen molar-refractivity contribution in [3.63, 3.8) is 0 Å². The van der Waals surface area contributed by atoms with Crippen LogP contribution in [-0.4, -0.2) is 23.8 Å². The van der Waals surface area contributed by atoms with Crippen LogP contribution in [0.1, 0.15) is 13.8 Å². The summed E-state index contributed by atoms with van der Waals surface area (Å²) >= 11 is 0. The van der Waals surface area contributed by atoms with E-state index in [1.54, 1.807) is 6.92 Å². The number of esters is 1. The molecule has 0 fully saturated rings. The monoisotopic (exact) mass is 185 g/mol. The maximum absolute atomic E-state index is 10.4. The van der Waals surface area contributed by atoms with Crippen molar-refractivity contribution in [1.29, 1.82) is 0 Å². The molecule has 0 spiro atoms. The molecule has 5 heteroatoms. The Labute approximate surface area is 108 Å². The molecule has 0 heterocycles. The minimum absolute atomic E-state index is 0. The van der Waals surface area contributed by atoms with Crippen molar-refractivity contribution in [3.8, 4) is 0 Å². The number of hydrogen-bond acceptors (Lipinski definition) is 4. The van der Waals surface area contributed by atoms with Crippen LogP contribution in [0.2, 0.25) is 0 Å². The largest absolute Gasteiger partial charge is 1.00 e. The molecule has 0 aromatic carbocycles. The Hall–Kier alpha value is 0.606. The molecule has 0 aromatic heterocycles. The fourth-order valence-electron chi connectivity index (χ4n) is 0.350. The number of carbonyl (C=O) groups is 2. The quantitative estimate of drug-likeness (QED) is 0.206. The number of Topliss-reactive ketones (excluding diaryl/α,β-unsaturated/α-hetero) is 1. The number of rotatable bonds is 3. The van der Waals surface area contributed by atoms with Crippen molar-refractivity contribution in [2.24, 2.45) is 0 Å². The van der Waals surface area contributed by atoms with Gasteiger partial charge >= 0.3 is 51.4 Å². The van der Waals surface area contributed by atoms with Gasteiger partial charge in [-0.2, -0.15) is 0 Å². The summed E-state index contributed by atoms with van der Waals surface area (Å²) in [6.45, 7) is 3.30. The predicted molar refractivity (Wildman–Crippen MR) is 33.5 cm³/mol. The van der Waals surface area contributed by atoms with Crippen molar-refractivity contribution in [2.45, 2.75) is 13.8 Å². The molecule has 0 aliphatic rings. The van der Waals surface area contributed by atoms with Crippen LogP contribution in [0.5, 0.6) is 0 Å². The molecular formula is C6H10KO4-. The van der Waals surface area contributed by atoms with E-state index in [1.807, 2.05) is 0 Å². The SMILES string of the molecule is CCOC(=O)[CH-]C(C)=O.[K+].[OH-]. The second-order valence-electron chi connectivity index (χ2n) is 1.51. The molecule has 0 unspecified atom stereocenters. The van der Waals surface area contributed by atoms with E-state index in [-0.39, 0.29) is 62.6 Å². The molecular weight excluding hydrogens is 175 g/mol. The number of carbonyl (C=O) groups excluding carboxylic acids is 2. The van der Waals surface area contributed by atoms with Crippen molar-refractivity contribution < 1.29 is 71.2 Å². The van der Waals surface area contributed by atoms with Crippen LogP contribution < -0.4 is 51.4 Å². The summed E-state index contributed by atoms with van der Waals surface area (Å²) in [6.07, 6.45) is 0.920. The third-order valence-corrected chi connectivity index (χ3v) is 0.608. The molecule has 0 saturated heterocycles. The summed E-state index contributed by atoms with van der Waals surface area (Å²) < 4.78 is 4.44. The Balaban J connectivity index is -0.000000320. The first kappa shape index (κ1) is 17.6. The minimum Gasteiger partial charge on any atom is -0.870 e. The standard InChI is InChI=1S/C6H9O3.K.H2O/c1-3-9-6(8)4-5(2)7;;/h4H,3H2,1-2H3;;1H2/q-1;+1;/p-1. The van der Waals surface area contributed by atoms with E-state index in [1.165, 1.54) is 6.92 Å². The van der Waals surface area contributed by atoms with Gasteiger partial charge in [0, 0.05) is 5.78 Å². The van der Waals surface area contributed by atoms with Gasteiger partial charge in [-0.05, 0) is 13.8 Å². The van der Waals surface area contributed by atoms with E-state index < -0.39 is 5.97 Å². The normalized spacial score (nSPS) is 6.73. The fraction of sp³-hybridized carbons (Fsp3) is 0.500. The molecule has 0 rings (SSSR count). The average molecular weight is 185 g/mol. The third kappa shape index (κ3) is 13.6. The van der Waals surface area contributed by atoms with E-state index in [2.05, 4.69) is 4.74 Å². The van der Waals surface area contributed by atoms with E-state index in [0.717, 1.165) is 6.42 Å². The van der Waals surface area contributed by atoms with E-state index >= 15 is 0 Å². The first-order valence-corrected chi connectivity index (χ1v) is 2.69. The summed E-state index contributed by atoms with van der Waals surface area (Å²) in [7, 11) is 0. The molecule has 0 aromatic rings. The Bertz CT molecular complexity index is 124. The van der Waals surface area contributed by atoms with Crippen molar-refractivity contribution in [3.05, 3.63) is 6.42 Å². The second-order valence-corrected chi connectivity index (χ2v) is 1.51. The maximum atomic E-state index is 10.4. The van der Waals surface area contributed by atoms with E-state index in [4.69, 9.17) is 0 Å². The fourth-order valence-corrected chi connectivity index (χ4v) is 0.350. The Morgan fingerprint density at radius 1 is 1.45 bits per heavy atom. The molecule has 11 heavy (non-hydrogen) atoms. The summed E-state index contributed by atoms with van der Waals surface area (Å²) in [4.78, 5) is 20.5. The van der Waals surface area contributed by atoms with Crippen molar-refractivity contribution in [1.82, 2.24) is 0 Å². The molecule has 0 atom stereocenters. The number of ketones is 1. The van der Waals surface area contributed by atoms with Crippen molar-refractivity contribution >= 4 is 11.8 Å². The van der Waals surface area contributed by atoms with Crippen molar-refractivity contribution in [2.75, 3.05) is 6.61 Å². The zero-order chi connectivity index (χ0) is 7.28. The van der Waals surface area contributed by atoms with Crippen LogP contribution in [0.15, 0.2) is 0 Å². The summed E-state index contributed by atoms with van der Waals surface area (Å²) in [5.41, 5.74) is 0. The van der Waals surface area contributed by atoms with Gasteiger partial charge in [-0.15, -0.1) is 0 Å². The molecule has 1 N–H and O–H groups in total. The van der Waals surface area contributed by atoms with Gasteiger partial charge in [-0.1, -0.05) is 0 Å². The molecule has 60 valence electrons. The van der Waals surface area contributed by atoms with Crippen LogP contribution in [0.4, 0.5) is 0 Å². The van der Waals surface area contributed by atoms with E-state index in [9.17, 15) is 9.59 Å². The van der Waals surface area contributed by atoms with Crippen LogP contribution in [0, 0.1) is 6.42 Å². The van der Waals surface area contributed by atoms with Gasteiger partial charge in [0.1, 0.15) is 0 Å². The Morgan fingerprint density at radius 3 is 2.18 bits per heavy atom. The summed E-state index contributed by atoms with van der Waals surface area (Å²) in [5.74, 6) is -0.849. The minimum atomic E-state index is -0.565. The molecule has 0 saturated carbocycles. The second kappa shape index (κ2) is 10.6. The van der Waals surface area contributed by atoms with Gasteiger partial charge < -0.3 is 15.0 Å². The topological polar surface area (TPSA) is 73.4 Å². The Kier molecular flexibility index (Phi) is 17.0. The first-order valence-electron chi connectivity index (χ1n) is 2.69.